The van der Waals surface area contributed by atoms with E-state index < -0.39 is 51.2 Å². The van der Waals surface area contributed by atoms with Gasteiger partial charge in [-0.25, -0.2) is 17.6 Å². The van der Waals surface area contributed by atoms with Crippen LogP contribution in [0.25, 0.3) is 6.08 Å². The van der Waals surface area contributed by atoms with E-state index in [0.29, 0.717) is 5.57 Å². The molecule has 2 heterocycles. The molecule has 2 aliphatic heterocycles. The van der Waals surface area contributed by atoms with E-state index in [1.54, 1.807) is 6.92 Å². The van der Waals surface area contributed by atoms with Crippen LogP contribution in [0.2, 0.25) is 10.0 Å². The van der Waals surface area contributed by atoms with Crippen molar-refractivity contribution >= 4 is 40.7 Å². The van der Waals surface area contributed by atoms with Crippen LogP contribution >= 0.6 is 23.2 Å². The molecular weight excluding hydrogens is 451 g/mol. The number of benzene rings is 2. The van der Waals surface area contributed by atoms with E-state index in [2.05, 4.69) is 0 Å². The summed E-state index contributed by atoms with van der Waals surface area (Å²) in [5.41, 5.74) is -2.43. The molecule has 158 valence electrons. The number of ether oxygens (including phenoxy) is 1. The second-order valence-corrected chi connectivity index (χ2v) is 7.90. The van der Waals surface area contributed by atoms with Crippen LogP contribution in [0.1, 0.15) is 30.9 Å². The lowest BCUT2D eigenvalue weighted by Crippen LogP contribution is -2.53. The van der Waals surface area contributed by atoms with Gasteiger partial charge >= 0.3 is 5.69 Å². The van der Waals surface area contributed by atoms with Crippen LogP contribution < -0.4 is 9.64 Å². The van der Waals surface area contributed by atoms with Gasteiger partial charge in [0.1, 0.15) is 15.8 Å². The Bertz CT molecular complexity index is 1140. The van der Waals surface area contributed by atoms with E-state index >= 15 is 0 Å². The molecule has 2 aromatic carbocycles. The number of hydrogen-bond donors (Lipinski definition) is 0. The Morgan fingerprint density at radius 3 is 2.37 bits per heavy atom. The molecule has 30 heavy (non-hydrogen) atoms. The van der Waals surface area contributed by atoms with Gasteiger partial charge in [-0.3, -0.25) is 10.1 Å². The number of nitro benzene ring substituents is 1. The molecule has 0 fully saturated rings. The molecule has 0 aromatic heterocycles. The van der Waals surface area contributed by atoms with Crippen molar-refractivity contribution in [3.05, 3.63) is 66.2 Å². The first-order valence-electron chi connectivity index (χ1n) is 8.58. The summed E-state index contributed by atoms with van der Waals surface area (Å²) in [6.45, 7) is 3.03. The van der Waals surface area contributed by atoms with Crippen molar-refractivity contribution < 1.29 is 27.2 Å². The Hall–Kier alpha value is -2.52. The molecule has 1 spiro atoms. The van der Waals surface area contributed by atoms with Crippen LogP contribution in [0, 0.1) is 33.4 Å². The highest BCUT2D eigenvalue weighted by atomic mass is 35.5. The summed E-state index contributed by atoms with van der Waals surface area (Å²) in [5.74, 6) is -7.86. The summed E-state index contributed by atoms with van der Waals surface area (Å²) in [6.07, 6.45) is 1.46. The Kier molecular flexibility index (Phi) is 4.48. The van der Waals surface area contributed by atoms with E-state index in [9.17, 15) is 27.7 Å². The zero-order chi connectivity index (χ0) is 22.3. The normalized spacial score (nSPS) is 22.0. The predicted octanol–water partition coefficient (Wildman–Crippen LogP) is 6.20. The summed E-state index contributed by atoms with van der Waals surface area (Å²) in [4.78, 5) is 11.7. The molecule has 2 unspecified atom stereocenters. The number of nitrogens with zero attached hydrogens (tertiary/aromatic N) is 2. The average molecular weight is 463 g/mol. The molecular formula is C19H12Cl2F4N2O3. The number of nitro groups is 1. The van der Waals surface area contributed by atoms with Crippen LogP contribution in [0.4, 0.5) is 28.9 Å². The molecule has 0 N–H and O–H groups in total. The molecule has 0 aliphatic carbocycles. The molecule has 0 radical (unpaired) electrons. The third-order valence-corrected chi connectivity index (χ3v) is 6.37. The maximum Gasteiger partial charge on any atom is 0.307 e. The summed E-state index contributed by atoms with van der Waals surface area (Å²) < 4.78 is 63.1. The molecule has 0 bridgehead atoms. The zero-order valence-corrected chi connectivity index (χ0v) is 17.1. The lowest BCUT2D eigenvalue weighted by Gasteiger charge is -2.44. The van der Waals surface area contributed by atoms with Crippen molar-refractivity contribution in [1.29, 1.82) is 0 Å². The molecule has 2 aromatic rings. The van der Waals surface area contributed by atoms with Gasteiger partial charge in [0.2, 0.25) is 5.72 Å². The van der Waals surface area contributed by atoms with Gasteiger partial charge in [0.05, 0.1) is 10.6 Å². The van der Waals surface area contributed by atoms with E-state index in [1.807, 2.05) is 0 Å². The maximum absolute atomic E-state index is 14.6. The van der Waals surface area contributed by atoms with E-state index in [0.717, 1.165) is 0 Å². The third kappa shape index (κ3) is 2.36. The third-order valence-electron chi connectivity index (χ3n) is 5.70. The second-order valence-electron chi connectivity index (χ2n) is 7.11. The monoisotopic (exact) mass is 462 g/mol. The topological polar surface area (TPSA) is 55.6 Å². The first-order chi connectivity index (χ1) is 13.9. The van der Waals surface area contributed by atoms with Gasteiger partial charge in [0.25, 0.3) is 0 Å². The van der Waals surface area contributed by atoms with Crippen molar-refractivity contribution in [2.45, 2.75) is 25.5 Å². The van der Waals surface area contributed by atoms with Gasteiger partial charge in [0.15, 0.2) is 23.3 Å². The van der Waals surface area contributed by atoms with E-state index in [-0.39, 0.29) is 26.9 Å². The molecule has 0 saturated carbocycles. The van der Waals surface area contributed by atoms with Crippen molar-refractivity contribution in [3.63, 3.8) is 0 Å². The lowest BCUT2D eigenvalue weighted by molar-refractivity contribution is -0.384. The Balaban J connectivity index is 1.97. The molecule has 11 heteroatoms. The van der Waals surface area contributed by atoms with Crippen LogP contribution in [0.3, 0.4) is 0 Å². The number of halogens is 6. The minimum absolute atomic E-state index is 0.0227. The fourth-order valence-corrected chi connectivity index (χ4v) is 4.96. The van der Waals surface area contributed by atoms with Crippen LogP contribution in [-0.4, -0.2) is 17.7 Å². The smallest absolute Gasteiger partial charge is 0.307 e. The summed E-state index contributed by atoms with van der Waals surface area (Å²) in [7, 11) is 1.35. The minimum atomic E-state index is -1.93. The SMILES string of the molecule is CC1=Cc2c(cc(Cl)c([N+](=O)[O-])c2Cl)OC12C(C)c1c(F)c(F)c(F)c(F)c1N2C. The second kappa shape index (κ2) is 6.49. The van der Waals surface area contributed by atoms with Gasteiger partial charge in [-0.15, -0.1) is 0 Å². The van der Waals surface area contributed by atoms with Crippen molar-refractivity contribution in [1.82, 2.24) is 0 Å². The quantitative estimate of drug-likeness (QED) is 0.166. The van der Waals surface area contributed by atoms with E-state index in [4.69, 9.17) is 27.9 Å². The number of anilines is 1. The highest BCUT2D eigenvalue weighted by Gasteiger charge is 2.56. The average Bonchev–Trinajstić information content (AvgIpc) is 2.88. The molecule has 0 amide bonds. The van der Waals surface area contributed by atoms with Gasteiger partial charge in [-0.05, 0) is 18.6 Å². The number of rotatable bonds is 1. The highest BCUT2D eigenvalue weighted by molar-refractivity contribution is 6.39. The van der Waals surface area contributed by atoms with Crippen LogP contribution in [-0.2, 0) is 0 Å². The number of hydrogen-bond acceptors (Lipinski definition) is 4. The van der Waals surface area contributed by atoms with Crippen LogP contribution in [0.15, 0.2) is 11.6 Å². The lowest BCUT2D eigenvalue weighted by atomic mass is 9.85. The van der Waals surface area contributed by atoms with Crippen molar-refractivity contribution in [2.75, 3.05) is 11.9 Å². The zero-order valence-electron chi connectivity index (χ0n) is 15.6. The first kappa shape index (κ1) is 20.7. The Morgan fingerprint density at radius 2 is 1.77 bits per heavy atom. The highest BCUT2D eigenvalue weighted by Crippen LogP contribution is 2.57. The van der Waals surface area contributed by atoms with Gasteiger partial charge in [-0.1, -0.05) is 30.1 Å². The van der Waals surface area contributed by atoms with E-state index in [1.165, 1.54) is 31.0 Å². The first-order valence-corrected chi connectivity index (χ1v) is 9.34. The number of likely N-dealkylation sites (N-methyl/N-ethyl adjacent to an activating group) is 1. The Morgan fingerprint density at radius 1 is 1.17 bits per heavy atom. The van der Waals surface area contributed by atoms with Gasteiger partial charge in [-0.2, -0.15) is 0 Å². The predicted molar refractivity (Wildman–Crippen MR) is 103 cm³/mol. The van der Waals surface area contributed by atoms with Gasteiger partial charge in [0, 0.05) is 30.2 Å². The maximum atomic E-state index is 14.6. The summed E-state index contributed by atoms with van der Waals surface area (Å²) >= 11 is 12.1. The van der Waals surface area contributed by atoms with Crippen LogP contribution in [0.5, 0.6) is 5.75 Å². The molecule has 4 rings (SSSR count). The fraction of sp³-hybridized carbons (Fsp3) is 0.263. The summed E-state index contributed by atoms with van der Waals surface area (Å²) in [5, 5.41) is 10.7. The number of fused-ring (bicyclic) bond motifs is 2. The fourth-order valence-electron chi connectivity index (χ4n) is 4.33. The molecule has 2 aliphatic rings. The summed E-state index contributed by atoms with van der Waals surface area (Å²) in [6, 6.07) is 1.17. The van der Waals surface area contributed by atoms with Crippen molar-refractivity contribution in [2.24, 2.45) is 0 Å². The molecule has 2 atom stereocenters. The Labute approximate surface area is 177 Å². The minimum Gasteiger partial charge on any atom is -0.463 e. The standard InChI is InChI=1S/C19H12Cl2F4N2O3/c1-6-4-8-10(5-9(20)17(12(8)21)27(28)29)30-19(6)7(2)11-13(22)14(23)15(24)16(25)18(11)26(19)3/h4-5,7H,1-3H3. The molecule has 5 nitrogen and oxygen atoms in total. The van der Waals surface area contributed by atoms with Gasteiger partial charge < -0.3 is 9.64 Å². The molecule has 0 saturated heterocycles. The van der Waals surface area contributed by atoms with Crippen molar-refractivity contribution in [3.8, 4) is 5.75 Å². The largest absolute Gasteiger partial charge is 0.463 e.